The van der Waals surface area contributed by atoms with Gasteiger partial charge in [0, 0.05) is 6.04 Å². The maximum atomic E-state index is 2.72. The zero-order valence-corrected chi connectivity index (χ0v) is 12.6. The average Bonchev–Trinajstić information content (AvgIpc) is 3.09. The van der Waals surface area contributed by atoms with E-state index in [1.807, 2.05) is 0 Å². The molecular formula is C20H23N. The number of benzene rings is 2. The Morgan fingerprint density at radius 3 is 2.43 bits per heavy atom. The summed E-state index contributed by atoms with van der Waals surface area (Å²) < 4.78 is 0. The summed E-state index contributed by atoms with van der Waals surface area (Å²) in [5, 5.41) is 0. The number of rotatable bonds is 2. The predicted molar refractivity (Wildman–Crippen MR) is 88.5 cm³/mol. The van der Waals surface area contributed by atoms with Gasteiger partial charge in [0.15, 0.2) is 0 Å². The summed E-state index contributed by atoms with van der Waals surface area (Å²) in [5.41, 5.74) is 5.86. The molecule has 1 unspecified atom stereocenters. The van der Waals surface area contributed by atoms with Crippen LogP contribution in [0.5, 0.6) is 0 Å². The molecule has 0 saturated carbocycles. The van der Waals surface area contributed by atoms with Gasteiger partial charge in [0.2, 0.25) is 0 Å². The topological polar surface area (TPSA) is 3.24 Å². The number of aryl methyl sites for hydroxylation is 1. The van der Waals surface area contributed by atoms with Gasteiger partial charge in [0.25, 0.3) is 0 Å². The molecule has 2 aromatic carbocycles. The van der Waals surface area contributed by atoms with Gasteiger partial charge >= 0.3 is 0 Å². The van der Waals surface area contributed by atoms with Crippen molar-refractivity contribution in [1.82, 2.24) is 4.90 Å². The largest absolute Gasteiger partial charge is 0.300 e. The molecule has 108 valence electrons. The predicted octanol–water partition coefficient (Wildman–Crippen LogP) is 4.31. The molecule has 1 heterocycles. The van der Waals surface area contributed by atoms with E-state index < -0.39 is 0 Å². The second kappa shape index (κ2) is 5.65. The maximum Gasteiger partial charge on any atom is 0.0139 e. The van der Waals surface area contributed by atoms with Crippen molar-refractivity contribution in [2.75, 3.05) is 13.1 Å². The van der Waals surface area contributed by atoms with E-state index in [0.717, 1.165) is 6.04 Å². The summed E-state index contributed by atoms with van der Waals surface area (Å²) in [6, 6.07) is 18.6. The van der Waals surface area contributed by atoms with Crippen LogP contribution in [0.2, 0.25) is 0 Å². The molecule has 1 atom stereocenters. The zero-order valence-electron chi connectivity index (χ0n) is 12.6. The molecule has 2 aliphatic rings. The van der Waals surface area contributed by atoms with Gasteiger partial charge in [-0.25, -0.2) is 0 Å². The van der Waals surface area contributed by atoms with Crippen LogP contribution in [0.25, 0.3) is 11.1 Å². The van der Waals surface area contributed by atoms with Gasteiger partial charge in [-0.05, 0) is 67.4 Å². The highest BCUT2D eigenvalue weighted by molar-refractivity contribution is 5.65. The number of fused-ring (bicyclic) bond motifs is 1. The van der Waals surface area contributed by atoms with Crippen LogP contribution in [-0.4, -0.2) is 24.0 Å². The number of hydrogen-bond acceptors (Lipinski definition) is 1. The highest BCUT2D eigenvalue weighted by Gasteiger charge is 2.26. The van der Waals surface area contributed by atoms with Crippen molar-refractivity contribution in [3.63, 3.8) is 0 Å². The van der Waals surface area contributed by atoms with Crippen LogP contribution in [0, 0.1) is 0 Å². The smallest absolute Gasteiger partial charge is 0.0139 e. The van der Waals surface area contributed by atoms with Gasteiger partial charge < -0.3 is 4.90 Å². The van der Waals surface area contributed by atoms with Crippen molar-refractivity contribution in [2.24, 2.45) is 0 Å². The normalized spacial score (nSPS) is 22.2. The van der Waals surface area contributed by atoms with E-state index >= 15 is 0 Å². The Labute approximate surface area is 127 Å². The van der Waals surface area contributed by atoms with Crippen molar-refractivity contribution >= 4 is 0 Å². The van der Waals surface area contributed by atoms with E-state index in [0.29, 0.717) is 0 Å². The summed E-state index contributed by atoms with van der Waals surface area (Å²) in [4.78, 5) is 2.72. The first-order valence-electron chi connectivity index (χ1n) is 8.31. The fourth-order valence-electron chi connectivity index (χ4n) is 3.96. The molecule has 1 saturated heterocycles. The van der Waals surface area contributed by atoms with Crippen LogP contribution in [0.15, 0.2) is 48.5 Å². The van der Waals surface area contributed by atoms with E-state index in [-0.39, 0.29) is 0 Å². The van der Waals surface area contributed by atoms with E-state index in [2.05, 4.69) is 53.4 Å². The minimum Gasteiger partial charge on any atom is -0.300 e. The first-order chi connectivity index (χ1) is 10.4. The maximum absolute atomic E-state index is 2.72. The molecule has 0 aromatic heterocycles. The third-order valence-corrected chi connectivity index (χ3v) is 5.17. The summed E-state index contributed by atoms with van der Waals surface area (Å²) in [6.45, 7) is 2.64. The summed E-state index contributed by atoms with van der Waals surface area (Å²) in [7, 11) is 0. The van der Waals surface area contributed by atoms with Crippen LogP contribution in [0.4, 0.5) is 0 Å². The fourth-order valence-corrected chi connectivity index (χ4v) is 3.96. The SMILES string of the molecule is c1ccc(-c2ccc3c(c2)CCC(N2CCCC2)C3)cc1. The Bertz CT molecular complexity index is 611. The van der Waals surface area contributed by atoms with Crippen LogP contribution in [0.1, 0.15) is 30.4 Å². The number of hydrogen-bond donors (Lipinski definition) is 0. The molecule has 0 spiro atoms. The summed E-state index contributed by atoms with van der Waals surface area (Å²) in [6.07, 6.45) is 6.64. The molecule has 1 aliphatic carbocycles. The van der Waals surface area contributed by atoms with Crippen LogP contribution < -0.4 is 0 Å². The van der Waals surface area contributed by atoms with Gasteiger partial charge in [-0.15, -0.1) is 0 Å². The van der Waals surface area contributed by atoms with E-state index in [1.54, 1.807) is 11.1 Å². The van der Waals surface area contributed by atoms with Crippen molar-refractivity contribution in [2.45, 2.75) is 38.1 Å². The molecule has 21 heavy (non-hydrogen) atoms. The Morgan fingerprint density at radius 1 is 0.810 bits per heavy atom. The Balaban J connectivity index is 1.57. The van der Waals surface area contributed by atoms with Crippen molar-refractivity contribution in [3.8, 4) is 11.1 Å². The van der Waals surface area contributed by atoms with Gasteiger partial charge in [0.1, 0.15) is 0 Å². The number of likely N-dealkylation sites (tertiary alicyclic amines) is 1. The lowest BCUT2D eigenvalue weighted by Crippen LogP contribution is -2.37. The standard InChI is InChI=1S/C20H23N/c1-2-6-16(7-3-1)17-8-9-19-15-20(11-10-18(19)14-17)21-12-4-5-13-21/h1-3,6-9,14,20H,4-5,10-13,15H2. The fraction of sp³-hybridized carbons (Fsp3) is 0.400. The minimum absolute atomic E-state index is 0.794. The van der Waals surface area contributed by atoms with Crippen molar-refractivity contribution in [3.05, 3.63) is 59.7 Å². The first kappa shape index (κ1) is 13.1. The van der Waals surface area contributed by atoms with Crippen molar-refractivity contribution in [1.29, 1.82) is 0 Å². The molecule has 4 rings (SSSR count). The Hall–Kier alpha value is -1.60. The van der Waals surface area contributed by atoms with Crippen molar-refractivity contribution < 1.29 is 0 Å². The van der Waals surface area contributed by atoms with E-state index in [9.17, 15) is 0 Å². The monoisotopic (exact) mass is 277 g/mol. The lowest BCUT2D eigenvalue weighted by molar-refractivity contribution is 0.222. The zero-order chi connectivity index (χ0) is 14.1. The molecule has 1 aliphatic heterocycles. The minimum atomic E-state index is 0.794. The quantitative estimate of drug-likeness (QED) is 0.791. The molecule has 1 heteroatoms. The molecule has 1 nitrogen and oxygen atoms in total. The van der Waals surface area contributed by atoms with Crippen LogP contribution in [0.3, 0.4) is 0 Å². The summed E-state index contributed by atoms with van der Waals surface area (Å²) in [5.74, 6) is 0. The molecule has 0 bridgehead atoms. The highest BCUT2D eigenvalue weighted by Crippen LogP contribution is 2.30. The van der Waals surface area contributed by atoms with Crippen LogP contribution >= 0.6 is 0 Å². The molecule has 0 amide bonds. The van der Waals surface area contributed by atoms with Gasteiger partial charge in [-0.1, -0.05) is 48.5 Å². The highest BCUT2D eigenvalue weighted by atomic mass is 15.2. The lowest BCUT2D eigenvalue weighted by atomic mass is 9.85. The van der Waals surface area contributed by atoms with Gasteiger partial charge in [-0.2, -0.15) is 0 Å². The average molecular weight is 277 g/mol. The second-order valence-corrected chi connectivity index (χ2v) is 6.49. The van der Waals surface area contributed by atoms with Gasteiger partial charge in [-0.3, -0.25) is 0 Å². The third-order valence-electron chi connectivity index (χ3n) is 5.17. The first-order valence-corrected chi connectivity index (χ1v) is 8.31. The second-order valence-electron chi connectivity index (χ2n) is 6.49. The Morgan fingerprint density at radius 2 is 1.62 bits per heavy atom. The lowest BCUT2D eigenvalue weighted by Gasteiger charge is -2.32. The Kier molecular flexibility index (Phi) is 3.52. The van der Waals surface area contributed by atoms with Crippen LogP contribution in [-0.2, 0) is 12.8 Å². The molecule has 1 fully saturated rings. The summed E-state index contributed by atoms with van der Waals surface area (Å²) >= 11 is 0. The van der Waals surface area contributed by atoms with E-state index in [1.165, 1.54) is 56.3 Å². The molecule has 0 radical (unpaired) electrons. The number of nitrogens with zero attached hydrogens (tertiary/aromatic N) is 1. The third kappa shape index (κ3) is 2.63. The molecule has 2 aromatic rings. The van der Waals surface area contributed by atoms with E-state index in [4.69, 9.17) is 0 Å². The molecular weight excluding hydrogens is 254 g/mol. The molecule has 0 N–H and O–H groups in total. The van der Waals surface area contributed by atoms with Gasteiger partial charge in [0.05, 0.1) is 0 Å².